The Bertz CT molecular complexity index is 1240. The number of carbonyl (C=O) groups is 1. The molecule has 0 bridgehead atoms. The fraction of sp³-hybridized carbons (Fsp3) is 0.321. The number of aryl methyl sites for hydroxylation is 2. The van der Waals surface area contributed by atoms with Gasteiger partial charge in [-0.3, -0.25) is 4.79 Å². The number of nitrogens with zero attached hydrogens (tertiary/aromatic N) is 4. The van der Waals surface area contributed by atoms with Crippen molar-refractivity contribution >= 4 is 23.9 Å². The summed E-state index contributed by atoms with van der Waals surface area (Å²) in [6, 6.07) is 18.6. The topological polar surface area (TPSA) is 73.4 Å². The van der Waals surface area contributed by atoms with Gasteiger partial charge in [-0.15, -0.1) is 0 Å². The molecule has 1 saturated heterocycles. The van der Waals surface area contributed by atoms with Crippen LogP contribution in [0.25, 0.3) is 12.2 Å². The van der Waals surface area contributed by atoms with E-state index in [1.165, 1.54) is 16.7 Å². The molecule has 1 aromatic heterocycles. The van der Waals surface area contributed by atoms with Crippen LogP contribution in [-0.2, 0) is 4.79 Å². The lowest BCUT2D eigenvalue weighted by Gasteiger charge is -2.34. The molecule has 2 aliphatic rings. The first-order valence-electron chi connectivity index (χ1n) is 11.8. The van der Waals surface area contributed by atoms with Crippen LogP contribution in [0.5, 0.6) is 0 Å². The molecule has 34 heavy (non-hydrogen) atoms. The van der Waals surface area contributed by atoms with Gasteiger partial charge in [0.05, 0.1) is 0 Å². The maximum Gasteiger partial charge on any atom is 0.235 e. The summed E-state index contributed by atoms with van der Waals surface area (Å²) >= 11 is 0. The van der Waals surface area contributed by atoms with Crippen LogP contribution in [0.1, 0.15) is 46.2 Å². The third kappa shape index (κ3) is 4.60. The molecule has 1 amide bonds. The molecule has 0 radical (unpaired) electrons. The van der Waals surface area contributed by atoms with E-state index in [1.54, 1.807) is 6.08 Å². The number of hydrogen-bond acceptors (Lipinski definition) is 5. The quantitative estimate of drug-likeness (QED) is 0.557. The summed E-state index contributed by atoms with van der Waals surface area (Å²) in [5.74, 6) is 1.56. The highest BCUT2D eigenvalue weighted by Gasteiger charge is 2.46. The Kier molecular flexibility index (Phi) is 5.93. The second kappa shape index (κ2) is 9.18. The van der Waals surface area contributed by atoms with E-state index in [4.69, 9.17) is 4.42 Å². The molecule has 1 aliphatic heterocycles. The van der Waals surface area contributed by atoms with Crippen molar-refractivity contribution in [1.82, 2.24) is 9.88 Å². The van der Waals surface area contributed by atoms with Gasteiger partial charge >= 0.3 is 0 Å². The van der Waals surface area contributed by atoms with E-state index in [2.05, 4.69) is 43.1 Å². The molecule has 2 unspecified atom stereocenters. The Balaban J connectivity index is 1.21. The second-order valence-corrected chi connectivity index (χ2v) is 9.24. The van der Waals surface area contributed by atoms with E-state index in [0.717, 1.165) is 12.0 Å². The molecule has 0 N–H and O–H groups in total. The lowest BCUT2D eigenvalue weighted by Crippen LogP contribution is -2.49. The monoisotopic (exact) mass is 452 g/mol. The summed E-state index contributed by atoms with van der Waals surface area (Å²) in [7, 11) is 0. The second-order valence-electron chi connectivity index (χ2n) is 9.24. The number of oxazole rings is 1. The Morgan fingerprint density at radius 1 is 1.06 bits per heavy atom. The fourth-order valence-corrected chi connectivity index (χ4v) is 4.84. The van der Waals surface area contributed by atoms with Gasteiger partial charge in [0.1, 0.15) is 6.07 Å². The minimum absolute atomic E-state index is 0.0856. The summed E-state index contributed by atoms with van der Waals surface area (Å²) in [4.78, 5) is 21.4. The molecule has 2 aromatic carbocycles. The van der Waals surface area contributed by atoms with Gasteiger partial charge in [-0.2, -0.15) is 10.2 Å². The van der Waals surface area contributed by atoms with Crippen molar-refractivity contribution in [3.63, 3.8) is 0 Å². The van der Waals surface area contributed by atoms with Crippen molar-refractivity contribution in [2.45, 2.75) is 26.2 Å². The van der Waals surface area contributed by atoms with Crippen molar-refractivity contribution in [3.8, 4) is 6.07 Å². The number of hydrogen-bond donors (Lipinski definition) is 0. The summed E-state index contributed by atoms with van der Waals surface area (Å²) in [5.41, 5.74) is 5.10. The number of carbonyl (C=O) groups excluding carboxylic acids is 1. The number of nitriles is 1. The summed E-state index contributed by atoms with van der Waals surface area (Å²) in [5, 5.41) is 9.56. The minimum atomic E-state index is 0.0856. The highest BCUT2D eigenvalue weighted by atomic mass is 16.4. The number of aromatic nitrogens is 1. The first kappa shape index (κ1) is 22.0. The van der Waals surface area contributed by atoms with E-state index in [9.17, 15) is 10.1 Å². The number of piperazine rings is 1. The molecule has 2 fully saturated rings. The molecule has 0 spiro atoms. The number of amides is 1. The normalized spacial score (nSPS) is 19.9. The Morgan fingerprint density at radius 3 is 2.44 bits per heavy atom. The molecule has 172 valence electrons. The zero-order chi connectivity index (χ0) is 23.7. The van der Waals surface area contributed by atoms with Gasteiger partial charge in [0.2, 0.25) is 23.4 Å². The van der Waals surface area contributed by atoms with Crippen LogP contribution in [0.15, 0.2) is 52.9 Å². The van der Waals surface area contributed by atoms with E-state index in [-0.39, 0.29) is 17.5 Å². The molecule has 2 heterocycles. The lowest BCUT2D eigenvalue weighted by atomic mass is 10.0. The van der Waals surface area contributed by atoms with Crippen LogP contribution in [0.4, 0.5) is 5.88 Å². The average Bonchev–Trinajstić information content (AvgIpc) is 3.55. The van der Waals surface area contributed by atoms with Gasteiger partial charge in [-0.05, 0) is 43.4 Å². The Morgan fingerprint density at radius 2 is 1.76 bits per heavy atom. The average molecular weight is 453 g/mol. The van der Waals surface area contributed by atoms with Crippen LogP contribution < -0.4 is 4.90 Å². The van der Waals surface area contributed by atoms with E-state index in [0.29, 0.717) is 43.9 Å². The first-order chi connectivity index (χ1) is 16.5. The molecule has 2 atom stereocenters. The van der Waals surface area contributed by atoms with Gasteiger partial charge in [0.25, 0.3) is 0 Å². The van der Waals surface area contributed by atoms with Gasteiger partial charge in [0.15, 0.2) is 0 Å². The Hall–Kier alpha value is -3.85. The van der Waals surface area contributed by atoms with Crippen molar-refractivity contribution in [2.24, 2.45) is 5.92 Å². The van der Waals surface area contributed by atoms with E-state index in [1.807, 2.05) is 46.2 Å². The number of anilines is 1. The largest absolute Gasteiger partial charge is 0.420 e. The third-order valence-corrected chi connectivity index (χ3v) is 6.61. The molecule has 1 aliphatic carbocycles. The van der Waals surface area contributed by atoms with Crippen molar-refractivity contribution in [1.29, 1.82) is 5.26 Å². The summed E-state index contributed by atoms with van der Waals surface area (Å²) in [6.45, 7) is 6.70. The lowest BCUT2D eigenvalue weighted by molar-refractivity contribution is -0.133. The molecule has 3 aromatic rings. The minimum Gasteiger partial charge on any atom is -0.420 e. The molecule has 1 saturated carbocycles. The van der Waals surface area contributed by atoms with Crippen LogP contribution >= 0.6 is 0 Å². The zero-order valence-electron chi connectivity index (χ0n) is 19.6. The third-order valence-electron chi connectivity index (χ3n) is 6.61. The van der Waals surface area contributed by atoms with Crippen LogP contribution in [0, 0.1) is 31.1 Å². The maximum atomic E-state index is 13.1. The summed E-state index contributed by atoms with van der Waals surface area (Å²) < 4.78 is 5.92. The van der Waals surface area contributed by atoms with E-state index < -0.39 is 0 Å². The molecule has 5 rings (SSSR count). The van der Waals surface area contributed by atoms with Crippen molar-refractivity contribution in [3.05, 3.63) is 82.4 Å². The molecule has 6 nitrogen and oxygen atoms in total. The molecule has 6 heteroatoms. The SMILES string of the molecule is Cc1cc(C)cc(C2CC2C(=O)N2CCN(c3oc(/C=C/c4ccccc4)nc3C#N)CC2)c1. The smallest absolute Gasteiger partial charge is 0.235 e. The highest BCUT2D eigenvalue weighted by Crippen LogP contribution is 2.49. The number of benzene rings is 2. The number of rotatable bonds is 5. The fourth-order valence-electron chi connectivity index (χ4n) is 4.84. The zero-order valence-corrected chi connectivity index (χ0v) is 19.6. The highest BCUT2D eigenvalue weighted by molar-refractivity contribution is 5.83. The molecular formula is C28H28N4O2. The van der Waals surface area contributed by atoms with Crippen LogP contribution in [0.3, 0.4) is 0 Å². The van der Waals surface area contributed by atoms with Gasteiger partial charge < -0.3 is 14.2 Å². The van der Waals surface area contributed by atoms with Gasteiger partial charge in [0, 0.05) is 38.2 Å². The van der Waals surface area contributed by atoms with Crippen LogP contribution in [0.2, 0.25) is 0 Å². The Labute approximate surface area is 200 Å². The predicted octanol–water partition coefficient (Wildman–Crippen LogP) is 4.79. The predicted molar refractivity (Wildman–Crippen MR) is 132 cm³/mol. The molecular weight excluding hydrogens is 424 g/mol. The van der Waals surface area contributed by atoms with Crippen molar-refractivity contribution < 1.29 is 9.21 Å². The summed E-state index contributed by atoms with van der Waals surface area (Å²) in [6.07, 6.45) is 4.62. The first-order valence-corrected chi connectivity index (χ1v) is 11.8. The van der Waals surface area contributed by atoms with Gasteiger partial charge in [-0.25, -0.2) is 0 Å². The standard InChI is InChI=1S/C28H28N4O2/c1-19-14-20(2)16-22(15-19)23-17-24(23)27(33)31-10-12-32(13-11-31)28-25(18-29)30-26(34-28)9-8-21-6-4-3-5-7-21/h3-9,14-16,23-24H,10-13,17H2,1-2H3/b9-8+. The van der Waals surface area contributed by atoms with Gasteiger partial charge in [-0.1, -0.05) is 59.7 Å². The maximum absolute atomic E-state index is 13.1. The van der Waals surface area contributed by atoms with Crippen molar-refractivity contribution in [2.75, 3.05) is 31.1 Å². The van der Waals surface area contributed by atoms with E-state index >= 15 is 0 Å². The van der Waals surface area contributed by atoms with Crippen LogP contribution in [-0.4, -0.2) is 42.0 Å².